The molecule has 0 saturated heterocycles. The quantitative estimate of drug-likeness (QED) is 0.564. The molecule has 0 bridgehead atoms. The number of nitriles is 1. The Kier molecular flexibility index (Phi) is 5.73. The number of carbonyl (C=O) groups excluding carboxylic acids is 1. The van der Waals surface area contributed by atoms with Crippen molar-refractivity contribution in [2.75, 3.05) is 17.2 Å². The second-order valence-electron chi connectivity index (χ2n) is 7.12. The van der Waals surface area contributed by atoms with Crippen LogP contribution in [-0.4, -0.2) is 37.4 Å². The second-order valence-corrected chi connectivity index (χ2v) is 7.12. The summed E-state index contributed by atoms with van der Waals surface area (Å²) in [6.07, 6.45) is 4.28. The number of aryl methyl sites for hydroxylation is 1. The zero-order valence-electron chi connectivity index (χ0n) is 16.9. The predicted molar refractivity (Wildman–Crippen MR) is 114 cm³/mol. The molecule has 31 heavy (non-hydrogen) atoms. The van der Waals surface area contributed by atoms with Crippen LogP contribution in [0, 0.1) is 11.3 Å². The molecular weight excluding hydrogens is 394 g/mol. The molecule has 1 atom stereocenters. The van der Waals surface area contributed by atoms with E-state index in [0.717, 1.165) is 5.56 Å². The number of amides is 1. The summed E-state index contributed by atoms with van der Waals surface area (Å²) in [5, 5.41) is 28.9. The van der Waals surface area contributed by atoms with E-state index >= 15 is 0 Å². The zero-order chi connectivity index (χ0) is 21.8. The van der Waals surface area contributed by atoms with Crippen molar-refractivity contribution < 1.29 is 9.90 Å². The van der Waals surface area contributed by atoms with Crippen molar-refractivity contribution in [1.29, 1.82) is 5.26 Å². The minimum atomic E-state index is -0.531. The van der Waals surface area contributed by atoms with Gasteiger partial charge in [0, 0.05) is 24.9 Å². The van der Waals surface area contributed by atoms with Gasteiger partial charge in [0.1, 0.15) is 6.04 Å². The SMILES string of the molecule is CC1=C(C(=O)Nc2cccnc2)[C@H](c2ccc(C#N)cc2)n2nc(CCCO)nc2N1. The highest BCUT2D eigenvalue weighted by Crippen LogP contribution is 2.35. The number of fused-ring (bicyclic) bond motifs is 1. The number of anilines is 2. The number of nitrogens with zero attached hydrogens (tertiary/aromatic N) is 5. The summed E-state index contributed by atoms with van der Waals surface area (Å²) in [6.45, 7) is 1.87. The summed E-state index contributed by atoms with van der Waals surface area (Å²) in [5.41, 5.74) is 3.06. The maximum Gasteiger partial charge on any atom is 0.255 e. The molecule has 0 saturated carbocycles. The molecule has 0 spiro atoms. The van der Waals surface area contributed by atoms with Crippen LogP contribution >= 0.6 is 0 Å². The third-order valence-corrected chi connectivity index (χ3v) is 4.97. The average Bonchev–Trinajstić information content (AvgIpc) is 3.19. The Hall–Kier alpha value is -4.03. The molecule has 9 heteroatoms. The largest absolute Gasteiger partial charge is 0.396 e. The van der Waals surface area contributed by atoms with E-state index in [9.17, 15) is 4.79 Å². The van der Waals surface area contributed by atoms with Crippen molar-refractivity contribution in [3.05, 3.63) is 77.0 Å². The first-order chi connectivity index (χ1) is 15.1. The lowest BCUT2D eigenvalue weighted by Crippen LogP contribution is -2.31. The third kappa shape index (κ3) is 4.15. The second kappa shape index (κ2) is 8.77. The van der Waals surface area contributed by atoms with E-state index in [-0.39, 0.29) is 12.5 Å². The summed E-state index contributed by atoms with van der Waals surface area (Å²) >= 11 is 0. The molecule has 0 fully saturated rings. The van der Waals surface area contributed by atoms with Crippen molar-refractivity contribution in [2.24, 2.45) is 0 Å². The summed E-state index contributed by atoms with van der Waals surface area (Å²) in [6, 6.07) is 12.2. The van der Waals surface area contributed by atoms with Gasteiger partial charge in [-0.3, -0.25) is 9.78 Å². The zero-order valence-corrected chi connectivity index (χ0v) is 16.9. The highest BCUT2D eigenvalue weighted by atomic mass is 16.3. The molecular formula is C22H21N7O2. The van der Waals surface area contributed by atoms with Crippen LogP contribution in [0.25, 0.3) is 0 Å². The number of carbonyl (C=O) groups is 1. The average molecular weight is 415 g/mol. The van der Waals surface area contributed by atoms with E-state index in [0.29, 0.717) is 47.1 Å². The summed E-state index contributed by atoms with van der Waals surface area (Å²) in [7, 11) is 0. The van der Waals surface area contributed by atoms with E-state index < -0.39 is 6.04 Å². The third-order valence-electron chi connectivity index (χ3n) is 4.97. The molecule has 1 aliphatic heterocycles. The van der Waals surface area contributed by atoms with Gasteiger partial charge in [0.15, 0.2) is 5.82 Å². The Balaban J connectivity index is 1.76. The van der Waals surface area contributed by atoms with Gasteiger partial charge in [-0.25, -0.2) is 4.68 Å². The lowest BCUT2D eigenvalue weighted by Gasteiger charge is -2.28. The lowest BCUT2D eigenvalue weighted by atomic mass is 9.94. The van der Waals surface area contributed by atoms with Crippen LogP contribution in [0.4, 0.5) is 11.6 Å². The Labute approximate surface area is 179 Å². The number of nitrogens with one attached hydrogen (secondary N) is 2. The maximum absolute atomic E-state index is 13.3. The molecule has 3 heterocycles. The van der Waals surface area contributed by atoms with Crippen molar-refractivity contribution in [2.45, 2.75) is 25.8 Å². The number of hydrogen-bond donors (Lipinski definition) is 3. The van der Waals surface area contributed by atoms with Gasteiger partial charge in [-0.2, -0.15) is 15.3 Å². The predicted octanol–water partition coefficient (Wildman–Crippen LogP) is 2.40. The number of benzene rings is 1. The molecule has 3 aromatic rings. The normalized spacial score (nSPS) is 15.1. The first kappa shape index (κ1) is 20.3. The molecule has 1 aliphatic rings. The number of hydrogen-bond acceptors (Lipinski definition) is 7. The fourth-order valence-electron chi connectivity index (χ4n) is 3.52. The number of aromatic nitrogens is 4. The molecule has 3 N–H and O–H groups in total. The summed E-state index contributed by atoms with van der Waals surface area (Å²) in [5.74, 6) is 0.819. The van der Waals surface area contributed by atoms with Gasteiger partial charge >= 0.3 is 0 Å². The van der Waals surface area contributed by atoms with Crippen molar-refractivity contribution in [1.82, 2.24) is 19.7 Å². The van der Waals surface area contributed by atoms with Crippen LogP contribution in [-0.2, 0) is 11.2 Å². The van der Waals surface area contributed by atoms with E-state index in [1.807, 2.05) is 19.1 Å². The summed E-state index contributed by atoms with van der Waals surface area (Å²) in [4.78, 5) is 21.9. The molecule has 156 valence electrons. The molecule has 1 amide bonds. The molecule has 4 rings (SSSR count). The fourth-order valence-corrected chi connectivity index (χ4v) is 3.52. The maximum atomic E-state index is 13.3. The standard InChI is InChI=1S/C22H21N7O2/c1-14-19(21(31)26-17-4-2-10-24-13-17)20(16-8-6-15(12-23)7-9-16)29-22(25-14)27-18(28-29)5-3-11-30/h2,4,6-10,13,20,30H,3,5,11H2,1H3,(H,26,31)(H,25,27,28)/t20-/m0/s1. The number of pyridine rings is 1. The number of rotatable bonds is 6. The number of allylic oxidation sites excluding steroid dienone is 1. The fraction of sp³-hybridized carbons (Fsp3) is 0.227. The highest BCUT2D eigenvalue weighted by Gasteiger charge is 2.34. The van der Waals surface area contributed by atoms with E-state index in [1.165, 1.54) is 0 Å². The van der Waals surface area contributed by atoms with Crippen molar-refractivity contribution in [3.63, 3.8) is 0 Å². The van der Waals surface area contributed by atoms with Gasteiger partial charge in [-0.1, -0.05) is 12.1 Å². The van der Waals surface area contributed by atoms with E-state index in [1.54, 1.807) is 41.3 Å². The molecule has 0 unspecified atom stereocenters. The minimum Gasteiger partial charge on any atom is -0.396 e. The Morgan fingerprint density at radius 2 is 2.13 bits per heavy atom. The minimum absolute atomic E-state index is 0.0480. The molecule has 0 aliphatic carbocycles. The molecule has 1 aromatic carbocycles. The first-order valence-electron chi connectivity index (χ1n) is 9.86. The smallest absolute Gasteiger partial charge is 0.255 e. The number of aliphatic hydroxyl groups excluding tert-OH is 1. The Morgan fingerprint density at radius 3 is 2.81 bits per heavy atom. The van der Waals surface area contributed by atoms with Crippen molar-refractivity contribution >= 4 is 17.5 Å². The molecule has 9 nitrogen and oxygen atoms in total. The number of aliphatic hydroxyl groups is 1. The van der Waals surface area contributed by atoms with Gasteiger partial charge < -0.3 is 15.7 Å². The molecule has 0 radical (unpaired) electrons. The topological polar surface area (TPSA) is 129 Å². The molecule has 2 aromatic heterocycles. The summed E-state index contributed by atoms with van der Waals surface area (Å²) < 4.78 is 1.68. The van der Waals surface area contributed by atoms with Crippen LogP contribution in [0.3, 0.4) is 0 Å². The van der Waals surface area contributed by atoms with Crippen LogP contribution < -0.4 is 10.6 Å². The van der Waals surface area contributed by atoms with Crippen LogP contribution in [0.1, 0.15) is 36.3 Å². The van der Waals surface area contributed by atoms with Gasteiger partial charge in [0.2, 0.25) is 5.95 Å². The van der Waals surface area contributed by atoms with Gasteiger partial charge in [0.05, 0.1) is 29.1 Å². The monoisotopic (exact) mass is 415 g/mol. The van der Waals surface area contributed by atoms with Gasteiger partial charge in [-0.15, -0.1) is 0 Å². The van der Waals surface area contributed by atoms with Crippen LogP contribution in [0.2, 0.25) is 0 Å². The Bertz CT molecular complexity index is 1160. The van der Waals surface area contributed by atoms with Crippen molar-refractivity contribution in [3.8, 4) is 6.07 Å². The Morgan fingerprint density at radius 1 is 1.32 bits per heavy atom. The van der Waals surface area contributed by atoms with Crippen LogP contribution in [0.15, 0.2) is 60.1 Å². The van der Waals surface area contributed by atoms with Gasteiger partial charge in [-0.05, 0) is 43.2 Å². The lowest BCUT2D eigenvalue weighted by molar-refractivity contribution is -0.113. The van der Waals surface area contributed by atoms with E-state index in [2.05, 4.69) is 31.8 Å². The first-order valence-corrected chi connectivity index (χ1v) is 9.86. The van der Waals surface area contributed by atoms with E-state index in [4.69, 9.17) is 10.4 Å². The van der Waals surface area contributed by atoms with Gasteiger partial charge in [0.25, 0.3) is 5.91 Å². The highest BCUT2D eigenvalue weighted by molar-refractivity contribution is 6.05. The van der Waals surface area contributed by atoms with Crippen LogP contribution in [0.5, 0.6) is 0 Å².